The minimum Gasteiger partial charge on any atom is -0.329 e. The van der Waals surface area contributed by atoms with E-state index in [1.54, 1.807) is 0 Å². The number of carbonyl (C=O) groups is 1. The van der Waals surface area contributed by atoms with Gasteiger partial charge in [0.25, 0.3) is 0 Å². The molecule has 1 rings (SSSR count). The Morgan fingerprint density at radius 3 is 2.05 bits per heavy atom. The third-order valence-corrected chi connectivity index (χ3v) is 4.06. The summed E-state index contributed by atoms with van der Waals surface area (Å²) in [6.07, 6.45) is 1.52. The van der Waals surface area contributed by atoms with Gasteiger partial charge in [-0.25, -0.2) is 0 Å². The number of rotatable bonds is 6. The summed E-state index contributed by atoms with van der Waals surface area (Å²) in [6, 6.07) is 8.03. The average molecular weight is 299 g/mol. The topological polar surface area (TPSA) is 55.1 Å². The number of nitrogens with two attached hydrogens (primary N) is 1. The van der Waals surface area contributed by atoms with Crippen LogP contribution >= 0.6 is 12.4 Å². The Bertz CT molecular complexity index is 403. The number of hydrogen-bond acceptors (Lipinski definition) is 2. The third kappa shape index (κ3) is 4.22. The Kier molecular flexibility index (Phi) is 7.84. The van der Waals surface area contributed by atoms with Gasteiger partial charge in [-0.05, 0) is 36.5 Å². The lowest BCUT2D eigenvalue weighted by molar-refractivity contribution is -0.125. The van der Waals surface area contributed by atoms with Crippen molar-refractivity contribution >= 4 is 24.0 Å². The van der Waals surface area contributed by atoms with Gasteiger partial charge in [0.1, 0.15) is 0 Å². The molecule has 1 aromatic rings. The van der Waals surface area contributed by atoms with Crippen molar-refractivity contribution in [2.75, 3.05) is 11.9 Å². The lowest BCUT2D eigenvalue weighted by atomic mass is 9.81. The summed E-state index contributed by atoms with van der Waals surface area (Å²) in [6.45, 7) is 8.72. The zero-order valence-electron chi connectivity index (χ0n) is 12.9. The van der Waals surface area contributed by atoms with Crippen LogP contribution in [0.15, 0.2) is 24.3 Å². The highest BCUT2D eigenvalue weighted by Gasteiger charge is 2.33. The van der Waals surface area contributed by atoms with E-state index in [1.807, 2.05) is 26.0 Å². The smallest absolute Gasteiger partial charge is 0.231 e. The number of anilines is 1. The number of hydrogen-bond donors (Lipinski definition) is 2. The molecule has 1 aromatic carbocycles. The number of carbonyl (C=O) groups excluding carboxylic acids is 1. The van der Waals surface area contributed by atoms with Crippen LogP contribution in [-0.2, 0) is 4.79 Å². The standard InChI is InChI=1S/C16H26N2O.ClH/c1-5-16(6-2,11-17)15(19)18-14-9-7-13(8-10-14)12(3)4;/h7-10,12H,5-6,11,17H2,1-4H3,(H,18,19);1H. The van der Waals surface area contributed by atoms with Crippen LogP contribution in [0.5, 0.6) is 0 Å². The summed E-state index contributed by atoms with van der Waals surface area (Å²) in [5, 5.41) is 2.98. The second kappa shape index (κ2) is 8.28. The molecule has 0 aliphatic rings. The lowest BCUT2D eigenvalue weighted by Gasteiger charge is -2.28. The number of halogens is 1. The number of nitrogens with one attached hydrogen (secondary N) is 1. The first-order valence-corrected chi connectivity index (χ1v) is 7.10. The molecule has 0 aliphatic carbocycles. The Labute approximate surface area is 128 Å². The van der Waals surface area contributed by atoms with E-state index < -0.39 is 5.41 Å². The molecule has 1 amide bonds. The van der Waals surface area contributed by atoms with Crippen LogP contribution < -0.4 is 11.1 Å². The van der Waals surface area contributed by atoms with Gasteiger partial charge in [0.05, 0.1) is 5.41 Å². The first-order valence-electron chi connectivity index (χ1n) is 7.10. The van der Waals surface area contributed by atoms with E-state index >= 15 is 0 Å². The molecule has 0 saturated carbocycles. The minimum atomic E-state index is -0.448. The predicted octanol–water partition coefficient (Wildman–Crippen LogP) is 3.94. The van der Waals surface area contributed by atoms with Gasteiger partial charge < -0.3 is 11.1 Å². The molecule has 0 aliphatic heterocycles. The highest BCUT2D eigenvalue weighted by atomic mass is 35.5. The fourth-order valence-corrected chi connectivity index (χ4v) is 2.17. The summed E-state index contributed by atoms with van der Waals surface area (Å²) in [5.74, 6) is 0.525. The van der Waals surface area contributed by atoms with Crippen molar-refractivity contribution in [3.63, 3.8) is 0 Å². The molecular formula is C16H27ClN2O. The van der Waals surface area contributed by atoms with Crippen LogP contribution in [0.4, 0.5) is 5.69 Å². The van der Waals surface area contributed by atoms with Crippen molar-refractivity contribution in [1.82, 2.24) is 0 Å². The first kappa shape index (κ1) is 18.9. The van der Waals surface area contributed by atoms with E-state index in [0.29, 0.717) is 12.5 Å². The van der Waals surface area contributed by atoms with Crippen LogP contribution in [0.25, 0.3) is 0 Å². The summed E-state index contributed by atoms with van der Waals surface area (Å²) >= 11 is 0. The lowest BCUT2D eigenvalue weighted by Crippen LogP contribution is -2.41. The maximum atomic E-state index is 12.4. The summed E-state index contributed by atoms with van der Waals surface area (Å²) in [4.78, 5) is 12.4. The van der Waals surface area contributed by atoms with Crippen LogP contribution in [0.3, 0.4) is 0 Å². The second-order valence-corrected chi connectivity index (χ2v) is 5.42. The summed E-state index contributed by atoms with van der Waals surface area (Å²) < 4.78 is 0. The van der Waals surface area contributed by atoms with Gasteiger partial charge in [-0.1, -0.05) is 39.8 Å². The Morgan fingerprint density at radius 1 is 1.20 bits per heavy atom. The molecule has 0 fully saturated rings. The molecule has 0 atom stereocenters. The highest BCUT2D eigenvalue weighted by molar-refractivity contribution is 5.95. The first-order chi connectivity index (χ1) is 8.99. The Balaban J connectivity index is 0.00000361. The Hall–Kier alpha value is -1.06. The molecule has 0 radical (unpaired) electrons. The molecule has 0 aromatic heterocycles. The van der Waals surface area contributed by atoms with Crippen molar-refractivity contribution in [1.29, 1.82) is 0 Å². The maximum Gasteiger partial charge on any atom is 0.231 e. The summed E-state index contributed by atoms with van der Waals surface area (Å²) in [5.41, 5.74) is 7.45. The van der Waals surface area contributed by atoms with Gasteiger partial charge in [-0.3, -0.25) is 4.79 Å². The molecule has 0 spiro atoms. The third-order valence-electron chi connectivity index (χ3n) is 4.06. The van der Waals surface area contributed by atoms with Gasteiger partial charge in [0, 0.05) is 12.2 Å². The van der Waals surface area contributed by atoms with Gasteiger partial charge in [0.15, 0.2) is 0 Å². The van der Waals surface area contributed by atoms with Crippen LogP contribution in [0.1, 0.15) is 52.0 Å². The van der Waals surface area contributed by atoms with E-state index in [4.69, 9.17) is 5.73 Å². The second-order valence-electron chi connectivity index (χ2n) is 5.42. The highest BCUT2D eigenvalue weighted by Crippen LogP contribution is 2.27. The SMILES string of the molecule is CCC(CC)(CN)C(=O)Nc1ccc(C(C)C)cc1.Cl. The van der Waals surface area contributed by atoms with E-state index in [1.165, 1.54) is 5.56 Å². The average Bonchev–Trinajstić information content (AvgIpc) is 2.42. The van der Waals surface area contributed by atoms with E-state index in [0.717, 1.165) is 18.5 Å². The molecular weight excluding hydrogens is 272 g/mol. The largest absolute Gasteiger partial charge is 0.329 e. The van der Waals surface area contributed by atoms with Crippen molar-refractivity contribution in [2.45, 2.75) is 46.5 Å². The zero-order chi connectivity index (χ0) is 14.5. The van der Waals surface area contributed by atoms with Crippen molar-refractivity contribution < 1.29 is 4.79 Å². The van der Waals surface area contributed by atoms with Gasteiger partial charge in [-0.15, -0.1) is 12.4 Å². The van der Waals surface area contributed by atoms with Gasteiger partial charge >= 0.3 is 0 Å². The normalized spacial score (nSPS) is 11.1. The Morgan fingerprint density at radius 2 is 1.70 bits per heavy atom. The van der Waals surface area contributed by atoms with Crippen molar-refractivity contribution in [3.8, 4) is 0 Å². The van der Waals surface area contributed by atoms with Crippen molar-refractivity contribution in [3.05, 3.63) is 29.8 Å². The molecule has 0 unspecified atom stereocenters. The molecule has 114 valence electrons. The predicted molar refractivity (Wildman–Crippen MR) is 88.5 cm³/mol. The number of benzene rings is 1. The van der Waals surface area contributed by atoms with Crippen LogP contribution in [-0.4, -0.2) is 12.5 Å². The molecule has 3 N–H and O–H groups in total. The maximum absolute atomic E-state index is 12.4. The van der Waals surface area contributed by atoms with Gasteiger partial charge in [-0.2, -0.15) is 0 Å². The quantitative estimate of drug-likeness (QED) is 0.836. The van der Waals surface area contributed by atoms with E-state index in [2.05, 4.69) is 31.3 Å². The van der Waals surface area contributed by atoms with Gasteiger partial charge in [0.2, 0.25) is 5.91 Å². The van der Waals surface area contributed by atoms with Crippen molar-refractivity contribution in [2.24, 2.45) is 11.1 Å². The molecule has 4 heteroatoms. The molecule has 3 nitrogen and oxygen atoms in total. The summed E-state index contributed by atoms with van der Waals surface area (Å²) in [7, 11) is 0. The fraction of sp³-hybridized carbons (Fsp3) is 0.562. The van der Waals surface area contributed by atoms with E-state index in [-0.39, 0.29) is 18.3 Å². The number of amides is 1. The van der Waals surface area contributed by atoms with E-state index in [9.17, 15) is 4.79 Å². The molecule has 0 saturated heterocycles. The van der Waals surface area contributed by atoms with Crippen LogP contribution in [0, 0.1) is 5.41 Å². The fourth-order valence-electron chi connectivity index (χ4n) is 2.17. The minimum absolute atomic E-state index is 0. The molecule has 0 bridgehead atoms. The van der Waals surface area contributed by atoms with Crippen LogP contribution in [0.2, 0.25) is 0 Å². The monoisotopic (exact) mass is 298 g/mol. The zero-order valence-corrected chi connectivity index (χ0v) is 13.7. The molecule has 20 heavy (non-hydrogen) atoms. The molecule has 0 heterocycles.